The molecule has 0 bridgehead atoms. The van der Waals surface area contributed by atoms with Crippen LogP contribution in [-0.4, -0.2) is 25.9 Å². The zero-order valence-corrected chi connectivity index (χ0v) is 18.1. The van der Waals surface area contributed by atoms with Crippen LogP contribution in [0.25, 0.3) is 0 Å². The quantitative estimate of drug-likeness (QED) is 0.515. The first-order valence-corrected chi connectivity index (χ1v) is 11.0. The van der Waals surface area contributed by atoms with Crippen LogP contribution in [0.15, 0.2) is 78.3 Å². The minimum atomic E-state index is -3.78. The Hall–Kier alpha value is -3.65. The first kappa shape index (κ1) is 22.0. The number of rotatable bonds is 8. The summed E-state index contributed by atoms with van der Waals surface area (Å²) in [6.07, 6.45) is 3.08. The lowest BCUT2D eigenvalue weighted by atomic mass is 10.2. The van der Waals surface area contributed by atoms with Crippen LogP contribution >= 0.6 is 0 Å². The lowest BCUT2D eigenvalue weighted by molar-refractivity contribution is 0.0955. The van der Waals surface area contributed by atoms with Crippen molar-refractivity contribution >= 4 is 21.6 Å². The van der Waals surface area contributed by atoms with E-state index in [-0.39, 0.29) is 22.2 Å². The average molecular weight is 438 g/mol. The van der Waals surface area contributed by atoms with Gasteiger partial charge in [0.2, 0.25) is 5.88 Å². The second-order valence-corrected chi connectivity index (χ2v) is 8.51. The summed E-state index contributed by atoms with van der Waals surface area (Å²) in [5.41, 5.74) is 2.08. The van der Waals surface area contributed by atoms with Gasteiger partial charge in [-0.1, -0.05) is 24.3 Å². The van der Waals surface area contributed by atoms with E-state index in [1.165, 1.54) is 12.3 Å². The van der Waals surface area contributed by atoms with E-state index in [9.17, 15) is 13.2 Å². The van der Waals surface area contributed by atoms with E-state index < -0.39 is 10.0 Å². The number of pyridine rings is 1. The molecule has 0 atom stereocenters. The van der Waals surface area contributed by atoms with E-state index in [1.807, 2.05) is 13.0 Å². The number of sulfonamides is 1. The van der Waals surface area contributed by atoms with Gasteiger partial charge in [0.1, 0.15) is 11.3 Å². The number of carbonyl (C=O) groups excluding carboxylic acids is 1. The topological polar surface area (TPSA) is 97.4 Å². The zero-order valence-electron chi connectivity index (χ0n) is 17.3. The second-order valence-electron chi connectivity index (χ2n) is 6.86. The number of aromatic nitrogens is 1. The van der Waals surface area contributed by atoms with Gasteiger partial charge in [-0.15, -0.1) is 6.58 Å². The summed E-state index contributed by atoms with van der Waals surface area (Å²) < 4.78 is 34.1. The molecule has 1 amide bonds. The molecular weight excluding hydrogens is 414 g/mol. The molecule has 8 heteroatoms. The number of hydrogen-bond acceptors (Lipinski definition) is 5. The maximum Gasteiger partial charge on any atom is 0.262 e. The van der Waals surface area contributed by atoms with Crippen LogP contribution < -0.4 is 14.8 Å². The molecule has 0 radical (unpaired) electrons. The molecule has 1 heterocycles. The zero-order chi connectivity index (χ0) is 22.4. The van der Waals surface area contributed by atoms with Gasteiger partial charge in [0.05, 0.1) is 10.6 Å². The van der Waals surface area contributed by atoms with Gasteiger partial charge in [0.15, 0.2) is 0 Å². The molecular formula is C23H23N3O4S. The van der Waals surface area contributed by atoms with Crippen molar-refractivity contribution in [2.24, 2.45) is 0 Å². The van der Waals surface area contributed by atoms with Crippen molar-refractivity contribution in [2.75, 3.05) is 11.3 Å². The molecule has 0 saturated carbocycles. The van der Waals surface area contributed by atoms with Crippen LogP contribution in [0.3, 0.4) is 0 Å². The summed E-state index contributed by atoms with van der Waals surface area (Å²) in [7, 11) is -3.78. The molecule has 0 unspecified atom stereocenters. The Morgan fingerprint density at radius 2 is 1.94 bits per heavy atom. The van der Waals surface area contributed by atoms with E-state index in [2.05, 4.69) is 21.6 Å². The van der Waals surface area contributed by atoms with Crippen LogP contribution in [-0.2, 0) is 10.0 Å². The van der Waals surface area contributed by atoms with Gasteiger partial charge in [-0.3, -0.25) is 9.52 Å². The molecule has 7 nitrogen and oxygen atoms in total. The number of benzene rings is 2. The fraction of sp³-hybridized carbons (Fsp3) is 0.130. The fourth-order valence-corrected chi connectivity index (χ4v) is 4.23. The van der Waals surface area contributed by atoms with Gasteiger partial charge in [-0.25, -0.2) is 13.4 Å². The van der Waals surface area contributed by atoms with Gasteiger partial charge >= 0.3 is 0 Å². The van der Waals surface area contributed by atoms with Crippen molar-refractivity contribution in [3.63, 3.8) is 0 Å². The molecule has 1 aromatic heterocycles. The predicted octanol–water partition coefficient (Wildman–Crippen LogP) is 4.21. The van der Waals surface area contributed by atoms with Crippen molar-refractivity contribution in [2.45, 2.75) is 18.7 Å². The highest BCUT2D eigenvalue weighted by molar-refractivity contribution is 7.92. The predicted molar refractivity (Wildman–Crippen MR) is 120 cm³/mol. The molecule has 2 aromatic carbocycles. The molecule has 0 aliphatic rings. The lowest BCUT2D eigenvalue weighted by Gasteiger charge is -2.13. The Labute approximate surface area is 181 Å². The van der Waals surface area contributed by atoms with Crippen LogP contribution in [0.1, 0.15) is 21.5 Å². The van der Waals surface area contributed by atoms with E-state index in [4.69, 9.17) is 4.74 Å². The summed E-state index contributed by atoms with van der Waals surface area (Å²) >= 11 is 0. The fourth-order valence-electron chi connectivity index (χ4n) is 2.85. The minimum Gasteiger partial charge on any atom is -0.438 e. The normalized spacial score (nSPS) is 10.9. The standard InChI is InChI=1S/C23H23N3O4S/c1-4-12-24-22(27)20-9-6-13-25-23(20)30-19-8-5-7-18(15-19)26-31(28,29)21-14-16(2)10-11-17(21)3/h4-11,13-15,26H,1,12H2,2-3H3,(H,24,27). The van der Waals surface area contributed by atoms with E-state index in [0.29, 0.717) is 23.5 Å². The Kier molecular flexibility index (Phi) is 6.71. The third kappa shape index (κ3) is 5.49. The highest BCUT2D eigenvalue weighted by Crippen LogP contribution is 2.27. The van der Waals surface area contributed by atoms with Gasteiger partial charge in [-0.2, -0.15) is 0 Å². The van der Waals surface area contributed by atoms with Crippen LogP contribution in [0, 0.1) is 13.8 Å². The number of amides is 1. The van der Waals surface area contributed by atoms with Crippen molar-refractivity contribution in [3.8, 4) is 11.6 Å². The SMILES string of the molecule is C=CCNC(=O)c1cccnc1Oc1cccc(NS(=O)(=O)c2cc(C)ccc2C)c1. The van der Waals surface area contributed by atoms with Crippen molar-refractivity contribution in [1.29, 1.82) is 0 Å². The number of ether oxygens (including phenoxy) is 1. The van der Waals surface area contributed by atoms with Crippen molar-refractivity contribution in [1.82, 2.24) is 10.3 Å². The summed E-state index contributed by atoms with van der Waals surface area (Å²) in [5.74, 6) is 0.0889. The third-order valence-electron chi connectivity index (χ3n) is 4.36. The van der Waals surface area contributed by atoms with E-state index in [1.54, 1.807) is 55.5 Å². The van der Waals surface area contributed by atoms with Gasteiger partial charge in [0.25, 0.3) is 15.9 Å². The summed E-state index contributed by atoms with van der Waals surface area (Å²) in [4.78, 5) is 16.7. The average Bonchev–Trinajstić information content (AvgIpc) is 2.74. The number of nitrogens with one attached hydrogen (secondary N) is 2. The highest BCUT2D eigenvalue weighted by atomic mass is 32.2. The minimum absolute atomic E-state index is 0.110. The summed E-state index contributed by atoms with van der Waals surface area (Å²) in [6.45, 7) is 7.46. The van der Waals surface area contributed by atoms with Gasteiger partial charge < -0.3 is 10.1 Å². The summed E-state index contributed by atoms with van der Waals surface area (Å²) in [5, 5.41) is 2.68. The molecule has 2 N–H and O–H groups in total. The summed E-state index contributed by atoms with van der Waals surface area (Å²) in [6, 6.07) is 14.9. The van der Waals surface area contributed by atoms with Gasteiger partial charge in [0, 0.05) is 18.8 Å². The number of carbonyl (C=O) groups is 1. The maximum absolute atomic E-state index is 12.9. The molecule has 0 spiro atoms. The largest absolute Gasteiger partial charge is 0.438 e. The first-order valence-electron chi connectivity index (χ1n) is 9.52. The molecule has 3 aromatic rings. The van der Waals surface area contributed by atoms with E-state index in [0.717, 1.165) is 5.56 Å². The number of anilines is 1. The monoisotopic (exact) mass is 437 g/mol. The third-order valence-corrected chi connectivity index (χ3v) is 5.88. The molecule has 3 rings (SSSR count). The van der Waals surface area contributed by atoms with E-state index >= 15 is 0 Å². The van der Waals surface area contributed by atoms with Crippen molar-refractivity contribution < 1.29 is 17.9 Å². The molecule has 0 fully saturated rings. The molecule has 160 valence electrons. The van der Waals surface area contributed by atoms with Gasteiger partial charge in [-0.05, 0) is 55.3 Å². The highest BCUT2D eigenvalue weighted by Gasteiger charge is 2.18. The smallest absolute Gasteiger partial charge is 0.262 e. The molecule has 0 saturated heterocycles. The Morgan fingerprint density at radius 1 is 1.13 bits per heavy atom. The Bertz CT molecular complexity index is 1220. The lowest BCUT2D eigenvalue weighted by Crippen LogP contribution is -2.23. The van der Waals surface area contributed by atoms with Crippen LogP contribution in [0.4, 0.5) is 5.69 Å². The molecule has 0 aliphatic carbocycles. The Balaban J connectivity index is 1.84. The maximum atomic E-state index is 12.9. The first-order chi connectivity index (χ1) is 14.8. The second kappa shape index (κ2) is 9.44. The number of aryl methyl sites for hydroxylation is 2. The number of hydrogen-bond donors (Lipinski definition) is 2. The number of nitrogens with zero attached hydrogens (tertiary/aromatic N) is 1. The Morgan fingerprint density at radius 3 is 2.71 bits per heavy atom. The molecule has 0 aliphatic heterocycles. The molecule has 31 heavy (non-hydrogen) atoms. The van der Waals surface area contributed by atoms with Crippen molar-refractivity contribution in [3.05, 3.63) is 90.1 Å². The van der Waals surface area contributed by atoms with Crippen LogP contribution in [0.2, 0.25) is 0 Å². The van der Waals surface area contributed by atoms with Crippen LogP contribution in [0.5, 0.6) is 11.6 Å².